The lowest BCUT2D eigenvalue weighted by molar-refractivity contribution is -0.110. The van der Waals surface area contributed by atoms with E-state index in [2.05, 4.69) is 5.32 Å². The van der Waals surface area contributed by atoms with Gasteiger partial charge in [-0.3, -0.25) is 4.79 Å². The van der Waals surface area contributed by atoms with Gasteiger partial charge in [-0.25, -0.2) is 0 Å². The van der Waals surface area contributed by atoms with Crippen molar-refractivity contribution in [3.8, 4) is 11.5 Å². The molecule has 5 heteroatoms. The number of amides is 1. The molecule has 1 heterocycles. The third-order valence-electron chi connectivity index (χ3n) is 4.00. The molecule has 0 saturated carbocycles. The van der Waals surface area contributed by atoms with E-state index < -0.39 is 0 Å². The number of alkyl halides is 1. The highest BCUT2D eigenvalue weighted by molar-refractivity contribution is 6.35. The van der Waals surface area contributed by atoms with Crippen LogP contribution in [-0.2, 0) is 11.2 Å². The second-order valence-electron chi connectivity index (χ2n) is 5.41. The molecule has 2 aromatic rings. The van der Waals surface area contributed by atoms with Gasteiger partial charge in [0.2, 0.25) is 0 Å². The van der Waals surface area contributed by atoms with Crippen molar-refractivity contribution in [1.29, 1.82) is 0 Å². The van der Waals surface area contributed by atoms with Crippen LogP contribution in [-0.4, -0.2) is 26.0 Å². The zero-order valence-corrected chi connectivity index (χ0v) is 14.3. The first-order valence-corrected chi connectivity index (χ1v) is 8.14. The van der Waals surface area contributed by atoms with Crippen LogP contribution in [0.15, 0.2) is 36.4 Å². The number of fused-ring (bicyclic) bond motifs is 1. The average molecular weight is 344 g/mol. The SMILES string of the molecule is COc1cccc(OC)c1C=C1C(=O)Nc2ccc(CCCl)cc21. The Labute approximate surface area is 146 Å². The summed E-state index contributed by atoms with van der Waals surface area (Å²) >= 11 is 5.83. The second kappa shape index (κ2) is 6.97. The number of benzene rings is 2. The number of carbonyl (C=O) groups is 1. The Bertz CT molecular complexity index is 792. The first kappa shape index (κ1) is 16.4. The van der Waals surface area contributed by atoms with E-state index in [-0.39, 0.29) is 5.91 Å². The molecular formula is C19H18ClNO3. The fourth-order valence-corrected chi connectivity index (χ4v) is 3.03. The summed E-state index contributed by atoms with van der Waals surface area (Å²) in [4.78, 5) is 12.4. The number of carbonyl (C=O) groups excluding carboxylic acids is 1. The molecule has 1 aliphatic rings. The van der Waals surface area contributed by atoms with Crippen LogP contribution in [0.4, 0.5) is 5.69 Å². The summed E-state index contributed by atoms with van der Waals surface area (Å²) in [6.07, 6.45) is 2.57. The number of halogens is 1. The van der Waals surface area contributed by atoms with Gasteiger partial charge in [-0.2, -0.15) is 0 Å². The Kier molecular flexibility index (Phi) is 4.76. The number of ether oxygens (including phenoxy) is 2. The zero-order chi connectivity index (χ0) is 17.1. The molecule has 4 nitrogen and oxygen atoms in total. The van der Waals surface area contributed by atoms with Crippen molar-refractivity contribution in [3.63, 3.8) is 0 Å². The van der Waals surface area contributed by atoms with Crippen molar-refractivity contribution >= 4 is 34.8 Å². The topological polar surface area (TPSA) is 47.6 Å². The average Bonchev–Trinajstić information content (AvgIpc) is 2.90. The smallest absolute Gasteiger partial charge is 0.256 e. The van der Waals surface area contributed by atoms with E-state index in [1.165, 1.54) is 0 Å². The Morgan fingerprint density at radius 3 is 2.46 bits per heavy atom. The first-order chi connectivity index (χ1) is 11.7. The van der Waals surface area contributed by atoms with Crippen molar-refractivity contribution in [2.24, 2.45) is 0 Å². The minimum atomic E-state index is -0.138. The Hall–Kier alpha value is -2.46. The summed E-state index contributed by atoms with van der Waals surface area (Å²) in [5.74, 6) is 1.71. The summed E-state index contributed by atoms with van der Waals surface area (Å²) < 4.78 is 10.8. The minimum Gasteiger partial charge on any atom is -0.496 e. The van der Waals surface area contributed by atoms with Gasteiger partial charge >= 0.3 is 0 Å². The number of nitrogens with one attached hydrogen (secondary N) is 1. The monoisotopic (exact) mass is 343 g/mol. The quantitative estimate of drug-likeness (QED) is 0.660. The van der Waals surface area contributed by atoms with Crippen LogP contribution in [0.2, 0.25) is 0 Å². The standard InChI is InChI=1S/C19H18ClNO3/c1-23-17-4-3-5-18(24-2)15(17)11-14-13-10-12(8-9-20)6-7-16(13)21-19(14)22/h3-7,10-11H,8-9H2,1-2H3,(H,21,22). The summed E-state index contributed by atoms with van der Waals surface area (Å²) in [6, 6.07) is 11.4. The molecule has 1 amide bonds. The van der Waals surface area contributed by atoms with E-state index >= 15 is 0 Å². The van der Waals surface area contributed by atoms with Crippen LogP contribution in [0.5, 0.6) is 11.5 Å². The molecule has 0 spiro atoms. The van der Waals surface area contributed by atoms with Gasteiger partial charge in [-0.15, -0.1) is 11.6 Å². The highest BCUT2D eigenvalue weighted by Crippen LogP contribution is 2.38. The van der Waals surface area contributed by atoms with Crippen molar-refractivity contribution in [2.45, 2.75) is 6.42 Å². The van der Waals surface area contributed by atoms with E-state index in [4.69, 9.17) is 21.1 Å². The van der Waals surface area contributed by atoms with E-state index in [0.29, 0.717) is 23.0 Å². The van der Waals surface area contributed by atoms with Gasteiger partial charge in [0.1, 0.15) is 11.5 Å². The van der Waals surface area contributed by atoms with Gasteiger partial charge in [-0.1, -0.05) is 12.1 Å². The van der Waals surface area contributed by atoms with Crippen molar-refractivity contribution in [3.05, 3.63) is 53.1 Å². The fraction of sp³-hybridized carbons (Fsp3) is 0.211. The Morgan fingerprint density at radius 1 is 1.12 bits per heavy atom. The summed E-state index contributed by atoms with van der Waals surface area (Å²) in [5.41, 5.74) is 4.10. The normalized spacial score (nSPS) is 14.5. The number of hydrogen-bond donors (Lipinski definition) is 1. The lowest BCUT2D eigenvalue weighted by atomic mass is 10.00. The van der Waals surface area contributed by atoms with Crippen molar-refractivity contribution in [2.75, 3.05) is 25.4 Å². The van der Waals surface area contributed by atoms with E-state index in [9.17, 15) is 4.79 Å². The third-order valence-corrected chi connectivity index (χ3v) is 4.19. The maximum absolute atomic E-state index is 12.4. The molecule has 0 unspecified atom stereocenters. The molecule has 0 radical (unpaired) electrons. The fourth-order valence-electron chi connectivity index (χ4n) is 2.81. The predicted molar refractivity (Wildman–Crippen MR) is 96.9 cm³/mol. The van der Waals surface area contributed by atoms with Gasteiger partial charge in [-0.05, 0) is 42.3 Å². The van der Waals surface area contributed by atoms with Crippen molar-refractivity contribution in [1.82, 2.24) is 0 Å². The molecule has 0 atom stereocenters. The molecule has 3 rings (SSSR count). The number of rotatable bonds is 5. The van der Waals surface area contributed by atoms with Gasteiger partial charge in [0.05, 0.1) is 19.8 Å². The molecular weight excluding hydrogens is 326 g/mol. The van der Waals surface area contributed by atoms with E-state index in [1.807, 2.05) is 42.5 Å². The lowest BCUT2D eigenvalue weighted by Crippen LogP contribution is -2.04. The van der Waals surface area contributed by atoms with Crippen LogP contribution in [0.25, 0.3) is 11.6 Å². The van der Waals surface area contributed by atoms with E-state index in [0.717, 1.165) is 28.8 Å². The maximum atomic E-state index is 12.4. The van der Waals surface area contributed by atoms with Gasteiger partial charge in [0.25, 0.3) is 5.91 Å². The van der Waals surface area contributed by atoms with Gasteiger partial charge < -0.3 is 14.8 Å². The summed E-state index contributed by atoms with van der Waals surface area (Å²) in [7, 11) is 3.19. The van der Waals surface area contributed by atoms with Gasteiger partial charge in [0.15, 0.2) is 0 Å². The molecule has 1 N–H and O–H groups in total. The number of methoxy groups -OCH3 is 2. The number of anilines is 1. The highest BCUT2D eigenvalue weighted by atomic mass is 35.5. The van der Waals surface area contributed by atoms with Crippen LogP contribution >= 0.6 is 11.6 Å². The lowest BCUT2D eigenvalue weighted by Gasteiger charge is -2.10. The van der Waals surface area contributed by atoms with Crippen LogP contribution in [0, 0.1) is 0 Å². The molecule has 0 aliphatic carbocycles. The van der Waals surface area contributed by atoms with Crippen LogP contribution in [0.3, 0.4) is 0 Å². The summed E-state index contributed by atoms with van der Waals surface area (Å²) in [6.45, 7) is 0. The first-order valence-electron chi connectivity index (χ1n) is 7.61. The Balaban J connectivity index is 2.13. The number of aryl methyl sites for hydroxylation is 1. The molecule has 0 saturated heterocycles. The largest absolute Gasteiger partial charge is 0.496 e. The molecule has 124 valence electrons. The molecule has 24 heavy (non-hydrogen) atoms. The zero-order valence-electron chi connectivity index (χ0n) is 13.6. The van der Waals surface area contributed by atoms with Crippen molar-refractivity contribution < 1.29 is 14.3 Å². The summed E-state index contributed by atoms with van der Waals surface area (Å²) in [5, 5.41) is 2.89. The Morgan fingerprint density at radius 2 is 1.83 bits per heavy atom. The maximum Gasteiger partial charge on any atom is 0.256 e. The van der Waals surface area contributed by atoms with Crippen LogP contribution < -0.4 is 14.8 Å². The highest BCUT2D eigenvalue weighted by Gasteiger charge is 2.25. The van der Waals surface area contributed by atoms with Gasteiger partial charge in [0, 0.05) is 22.7 Å². The van der Waals surface area contributed by atoms with E-state index in [1.54, 1.807) is 14.2 Å². The molecule has 0 bridgehead atoms. The predicted octanol–water partition coefficient (Wildman–Crippen LogP) is 3.98. The molecule has 0 aromatic heterocycles. The third kappa shape index (κ3) is 2.97. The minimum absolute atomic E-state index is 0.138. The molecule has 0 fully saturated rings. The number of hydrogen-bond acceptors (Lipinski definition) is 3. The molecule has 2 aromatic carbocycles. The second-order valence-corrected chi connectivity index (χ2v) is 5.79. The van der Waals surface area contributed by atoms with Crippen LogP contribution in [0.1, 0.15) is 16.7 Å². The molecule has 1 aliphatic heterocycles.